The van der Waals surface area contributed by atoms with Crippen molar-refractivity contribution in [3.05, 3.63) is 58.4 Å². The van der Waals surface area contributed by atoms with Crippen LogP contribution in [0.3, 0.4) is 0 Å². The highest BCUT2D eigenvalue weighted by atomic mass is 16.5. The molecule has 0 radical (unpaired) electrons. The van der Waals surface area contributed by atoms with Crippen LogP contribution in [0.1, 0.15) is 41.8 Å². The van der Waals surface area contributed by atoms with E-state index in [1.165, 1.54) is 18.1 Å². The Hall–Kier alpha value is -2.20. The fourth-order valence-corrected chi connectivity index (χ4v) is 3.05. The van der Waals surface area contributed by atoms with Gasteiger partial charge in [0.2, 0.25) is 0 Å². The van der Waals surface area contributed by atoms with Crippen molar-refractivity contribution in [2.24, 2.45) is 0 Å². The lowest BCUT2D eigenvalue weighted by Gasteiger charge is -2.25. The number of carbonyl (C=O) groups excluding carboxylic acids is 1. The second-order valence-corrected chi connectivity index (χ2v) is 6.95. The summed E-state index contributed by atoms with van der Waals surface area (Å²) in [6, 6.07) is 8.74. The van der Waals surface area contributed by atoms with Gasteiger partial charge in [-0.3, -0.25) is 14.7 Å². The van der Waals surface area contributed by atoms with Gasteiger partial charge >= 0.3 is 5.97 Å². The van der Waals surface area contributed by atoms with Crippen molar-refractivity contribution >= 4 is 5.97 Å². The molecular formula is C21H28N2O2. The van der Waals surface area contributed by atoms with Gasteiger partial charge in [0.05, 0.1) is 0 Å². The molecule has 2 aromatic rings. The molecule has 0 fully saturated rings. The monoisotopic (exact) mass is 340 g/mol. The minimum Gasteiger partial charge on any atom is -0.426 e. The second kappa shape index (κ2) is 8.26. The van der Waals surface area contributed by atoms with Crippen LogP contribution in [-0.4, -0.2) is 28.9 Å². The Balaban J connectivity index is 2.06. The first-order valence-corrected chi connectivity index (χ1v) is 8.66. The van der Waals surface area contributed by atoms with Crippen molar-refractivity contribution < 1.29 is 9.53 Å². The SMILES string of the molecule is CC(=O)Oc1c(C)cc(CN(C)C(C)Cc2cc(C)ccn2)cc1C. The molecule has 4 heteroatoms. The highest BCUT2D eigenvalue weighted by Gasteiger charge is 2.14. The second-order valence-electron chi connectivity index (χ2n) is 6.95. The van der Waals surface area contributed by atoms with Gasteiger partial charge < -0.3 is 4.74 Å². The predicted molar refractivity (Wildman–Crippen MR) is 101 cm³/mol. The van der Waals surface area contributed by atoms with E-state index in [0.717, 1.165) is 29.8 Å². The van der Waals surface area contributed by atoms with Gasteiger partial charge in [-0.1, -0.05) is 12.1 Å². The van der Waals surface area contributed by atoms with E-state index in [9.17, 15) is 4.79 Å². The van der Waals surface area contributed by atoms with Gasteiger partial charge in [-0.05, 0) is 69.1 Å². The summed E-state index contributed by atoms with van der Waals surface area (Å²) in [4.78, 5) is 18.0. The predicted octanol–water partition coefficient (Wildman–Crippen LogP) is 4.00. The molecule has 0 aliphatic heterocycles. The molecule has 2 rings (SSSR count). The lowest BCUT2D eigenvalue weighted by atomic mass is 10.0. The van der Waals surface area contributed by atoms with Crippen molar-refractivity contribution in [2.75, 3.05) is 7.05 Å². The fourth-order valence-electron chi connectivity index (χ4n) is 3.05. The number of carbonyl (C=O) groups is 1. The molecule has 0 bridgehead atoms. The summed E-state index contributed by atoms with van der Waals surface area (Å²) in [5.41, 5.74) is 5.57. The van der Waals surface area contributed by atoms with E-state index in [0.29, 0.717) is 11.8 Å². The number of hydrogen-bond acceptors (Lipinski definition) is 4. The van der Waals surface area contributed by atoms with E-state index in [1.807, 2.05) is 26.1 Å². The van der Waals surface area contributed by atoms with Crippen LogP contribution in [0.4, 0.5) is 0 Å². The van der Waals surface area contributed by atoms with Gasteiger partial charge in [0.1, 0.15) is 5.75 Å². The molecule has 25 heavy (non-hydrogen) atoms. The Kier molecular flexibility index (Phi) is 6.32. The normalized spacial score (nSPS) is 12.3. The maximum atomic E-state index is 11.2. The van der Waals surface area contributed by atoms with Crippen LogP contribution in [0.25, 0.3) is 0 Å². The number of aryl methyl sites for hydroxylation is 3. The zero-order valence-electron chi connectivity index (χ0n) is 16.1. The topological polar surface area (TPSA) is 42.4 Å². The number of likely N-dealkylation sites (N-methyl/N-ethyl adjacent to an activating group) is 1. The third kappa shape index (κ3) is 5.40. The van der Waals surface area contributed by atoms with Crippen LogP contribution in [0.2, 0.25) is 0 Å². The van der Waals surface area contributed by atoms with E-state index < -0.39 is 0 Å². The van der Waals surface area contributed by atoms with Crippen molar-refractivity contribution in [3.8, 4) is 5.75 Å². The van der Waals surface area contributed by atoms with Crippen LogP contribution in [0.5, 0.6) is 5.75 Å². The van der Waals surface area contributed by atoms with Crippen molar-refractivity contribution in [2.45, 2.75) is 53.6 Å². The number of pyridine rings is 1. The molecule has 134 valence electrons. The molecule has 0 saturated carbocycles. The summed E-state index contributed by atoms with van der Waals surface area (Å²) in [6.45, 7) is 10.5. The zero-order chi connectivity index (χ0) is 18.6. The minimum absolute atomic E-state index is 0.282. The Morgan fingerprint density at radius 3 is 2.40 bits per heavy atom. The average molecular weight is 340 g/mol. The lowest BCUT2D eigenvalue weighted by molar-refractivity contribution is -0.131. The lowest BCUT2D eigenvalue weighted by Crippen LogP contribution is -2.30. The molecule has 0 saturated heterocycles. The summed E-state index contributed by atoms with van der Waals surface area (Å²) in [5.74, 6) is 0.395. The third-order valence-electron chi connectivity index (χ3n) is 4.43. The standard InChI is InChI=1S/C21H28N2O2/c1-14-7-8-22-20(9-14)12-17(4)23(6)13-19-10-15(2)21(16(3)11-19)25-18(5)24/h7-11,17H,12-13H2,1-6H3. The molecule has 0 N–H and O–H groups in total. The average Bonchev–Trinajstić information content (AvgIpc) is 2.50. The van der Waals surface area contributed by atoms with E-state index in [4.69, 9.17) is 4.74 Å². The summed E-state index contributed by atoms with van der Waals surface area (Å²) < 4.78 is 5.31. The van der Waals surface area contributed by atoms with E-state index in [-0.39, 0.29) is 5.97 Å². The van der Waals surface area contributed by atoms with Crippen LogP contribution < -0.4 is 4.74 Å². The van der Waals surface area contributed by atoms with Crippen molar-refractivity contribution in [1.29, 1.82) is 0 Å². The molecule has 1 unspecified atom stereocenters. The van der Waals surface area contributed by atoms with Gasteiger partial charge in [0.15, 0.2) is 0 Å². The van der Waals surface area contributed by atoms with Crippen molar-refractivity contribution in [3.63, 3.8) is 0 Å². The molecule has 4 nitrogen and oxygen atoms in total. The van der Waals surface area contributed by atoms with Crippen LogP contribution >= 0.6 is 0 Å². The summed E-state index contributed by atoms with van der Waals surface area (Å²) in [6.07, 6.45) is 2.79. The van der Waals surface area contributed by atoms with E-state index in [1.54, 1.807) is 0 Å². The number of esters is 1. The van der Waals surface area contributed by atoms with Gasteiger partial charge in [0.25, 0.3) is 0 Å². The van der Waals surface area contributed by atoms with Gasteiger partial charge in [0, 0.05) is 37.8 Å². The van der Waals surface area contributed by atoms with Gasteiger partial charge in [-0.15, -0.1) is 0 Å². The number of nitrogens with zero attached hydrogens (tertiary/aromatic N) is 2. The minimum atomic E-state index is -0.282. The highest BCUT2D eigenvalue weighted by Crippen LogP contribution is 2.26. The first-order chi connectivity index (χ1) is 11.8. The summed E-state index contributed by atoms with van der Waals surface area (Å²) in [7, 11) is 2.13. The Labute approximate surface area is 150 Å². The molecule has 1 heterocycles. The smallest absolute Gasteiger partial charge is 0.308 e. The number of benzene rings is 1. The summed E-state index contributed by atoms with van der Waals surface area (Å²) in [5, 5.41) is 0. The fraction of sp³-hybridized carbons (Fsp3) is 0.429. The van der Waals surface area contributed by atoms with Gasteiger partial charge in [-0.25, -0.2) is 0 Å². The molecule has 1 aromatic heterocycles. The number of hydrogen-bond donors (Lipinski definition) is 0. The molecule has 1 aromatic carbocycles. The molecular weight excluding hydrogens is 312 g/mol. The molecule has 0 amide bonds. The summed E-state index contributed by atoms with van der Waals surface area (Å²) >= 11 is 0. The zero-order valence-corrected chi connectivity index (χ0v) is 16.1. The number of aromatic nitrogens is 1. The number of ether oxygens (including phenoxy) is 1. The first-order valence-electron chi connectivity index (χ1n) is 8.66. The van der Waals surface area contributed by atoms with E-state index >= 15 is 0 Å². The molecule has 0 spiro atoms. The third-order valence-corrected chi connectivity index (χ3v) is 4.43. The Bertz CT molecular complexity index is 732. The quantitative estimate of drug-likeness (QED) is 0.589. The highest BCUT2D eigenvalue weighted by molar-refractivity contribution is 5.70. The van der Waals surface area contributed by atoms with E-state index in [2.05, 4.69) is 49.0 Å². The molecule has 0 aliphatic rings. The number of rotatable bonds is 6. The molecule has 1 atom stereocenters. The molecule has 0 aliphatic carbocycles. The van der Waals surface area contributed by atoms with Crippen LogP contribution in [-0.2, 0) is 17.8 Å². The van der Waals surface area contributed by atoms with Gasteiger partial charge in [-0.2, -0.15) is 0 Å². The maximum absolute atomic E-state index is 11.2. The Morgan fingerprint density at radius 1 is 1.20 bits per heavy atom. The maximum Gasteiger partial charge on any atom is 0.308 e. The van der Waals surface area contributed by atoms with Crippen LogP contribution in [0.15, 0.2) is 30.5 Å². The largest absolute Gasteiger partial charge is 0.426 e. The van der Waals surface area contributed by atoms with Crippen LogP contribution in [0, 0.1) is 20.8 Å². The first kappa shape index (κ1) is 19.1. The van der Waals surface area contributed by atoms with Crippen molar-refractivity contribution in [1.82, 2.24) is 9.88 Å². The Morgan fingerprint density at radius 2 is 1.84 bits per heavy atom.